The van der Waals surface area contributed by atoms with Gasteiger partial charge in [-0.05, 0) is 42.4 Å². The van der Waals surface area contributed by atoms with Crippen molar-refractivity contribution in [1.29, 1.82) is 0 Å². The number of carbonyl (C=O) groups excluding carboxylic acids is 1. The Morgan fingerprint density at radius 2 is 1.90 bits per heavy atom. The summed E-state index contributed by atoms with van der Waals surface area (Å²) in [6.45, 7) is 5.50. The van der Waals surface area contributed by atoms with E-state index >= 15 is 0 Å². The Kier molecular flexibility index (Phi) is 11.4. The van der Waals surface area contributed by atoms with Crippen molar-refractivity contribution >= 4 is 6.03 Å². The Bertz CT molecular complexity index is 612. The maximum atomic E-state index is 10.8. The number of primary amides is 1. The van der Waals surface area contributed by atoms with Crippen LogP contribution in [0, 0.1) is 11.8 Å². The summed E-state index contributed by atoms with van der Waals surface area (Å²) in [5.74, 6) is 2.12. The maximum absolute atomic E-state index is 10.8. The number of carbonyl (C=O) groups is 1. The van der Waals surface area contributed by atoms with E-state index in [0.29, 0.717) is 43.0 Å². The first-order valence-corrected chi connectivity index (χ1v) is 10.0. The van der Waals surface area contributed by atoms with Gasteiger partial charge in [0.2, 0.25) is 0 Å². The average Bonchev–Trinajstić information content (AvgIpc) is 2.64. The van der Waals surface area contributed by atoms with E-state index in [-0.39, 0.29) is 12.5 Å². The second-order valence-corrected chi connectivity index (χ2v) is 7.64. The quantitative estimate of drug-likeness (QED) is 0.274. The molecule has 0 bridgehead atoms. The molecule has 0 radical (unpaired) electrons. The topological polar surface area (TPSA) is 129 Å². The van der Waals surface area contributed by atoms with Crippen molar-refractivity contribution in [2.75, 3.05) is 27.4 Å². The van der Waals surface area contributed by atoms with Crippen molar-refractivity contribution in [3.63, 3.8) is 0 Å². The highest BCUT2D eigenvalue weighted by atomic mass is 16.5. The zero-order valence-electron chi connectivity index (χ0n) is 18.0. The Balaban J connectivity index is 2.75. The van der Waals surface area contributed by atoms with E-state index in [1.165, 1.54) is 0 Å². The lowest BCUT2D eigenvalue weighted by Gasteiger charge is -2.26. The molecule has 0 spiro atoms. The highest BCUT2D eigenvalue weighted by Crippen LogP contribution is 2.31. The molecule has 8 heteroatoms. The predicted octanol–water partition coefficient (Wildman–Crippen LogP) is 2.02. The van der Waals surface area contributed by atoms with Crippen LogP contribution < -0.4 is 26.3 Å². The average molecular weight is 412 g/mol. The Hall–Kier alpha value is -2.03. The second-order valence-electron chi connectivity index (χ2n) is 7.64. The third-order valence-corrected chi connectivity index (χ3v) is 4.86. The summed E-state index contributed by atoms with van der Waals surface area (Å²) < 4.78 is 16.3. The molecule has 1 aromatic carbocycles. The molecule has 0 unspecified atom stereocenters. The molecular weight excluding hydrogens is 374 g/mol. The SMILES string of the molecule is COCCCOc1cc(C[C@@H](C[C@H](N)C[C@H](O)NC(N)=O)C(C)C)ccc1OC. The Morgan fingerprint density at radius 1 is 1.17 bits per heavy atom. The van der Waals surface area contributed by atoms with Crippen molar-refractivity contribution in [2.45, 2.75) is 51.8 Å². The van der Waals surface area contributed by atoms with Gasteiger partial charge in [-0.1, -0.05) is 19.9 Å². The third kappa shape index (κ3) is 9.83. The number of rotatable bonds is 14. The molecule has 0 saturated heterocycles. The number of hydrogen-bond acceptors (Lipinski definition) is 6. The first-order valence-electron chi connectivity index (χ1n) is 10.0. The third-order valence-electron chi connectivity index (χ3n) is 4.86. The van der Waals surface area contributed by atoms with Gasteiger partial charge >= 0.3 is 6.03 Å². The fourth-order valence-corrected chi connectivity index (χ4v) is 3.24. The number of nitrogens with one attached hydrogen (secondary N) is 1. The highest BCUT2D eigenvalue weighted by molar-refractivity contribution is 5.71. The molecule has 1 aromatic rings. The van der Waals surface area contributed by atoms with Crippen LogP contribution in [0.1, 0.15) is 38.7 Å². The fraction of sp³-hybridized carbons (Fsp3) is 0.667. The molecule has 0 fully saturated rings. The molecule has 0 aliphatic carbocycles. The minimum Gasteiger partial charge on any atom is -0.493 e. The summed E-state index contributed by atoms with van der Waals surface area (Å²) in [5, 5.41) is 12.1. The summed E-state index contributed by atoms with van der Waals surface area (Å²) in [4.78, 5) is 10.8. The minimum atomic E-state index is -1.04. The summed E-state index contributed by atoms with van der Waals surface area (Å²) >= 11 is 0. The lowest BCUT2D eigenvalue weighted by molar-refractivity contribution is 0.122. The highest BCUT2D eigenvalue weighted by Gasteiger charge is 2.21. The summed E-state index contributed by atoms with van der Waals surface area (Å²) in [5.41, 5.74) is 12.4. The molecule has 2 amide bonds. The van der Waals surface area contributed by atoms with E-state index in [0.717, 1.165) is 18.4 Å². The van der Waals surface area contributed by atoms with E-state index in [2.05, 4.69) is 19.2 Å². The molecule has 0 aromatic heterocycles. The summed E-state index contributed by atoms with van der Waals surface area (Å²) in [6, 6.07) is 4.94. The monoisotopic (exact) mass is 411 g/mol. The minimum absolute atomic E-state index is 0.253. The van der Waals surface area contributed by atoms with Crippen molar-refractivity contribution < 1.29 is 24.1 Å². The number of aliphatic hydroxyl groups excluding tert-OH is 1. The first kappa shape index (κ1) is 25.0. The molecular formula is C21H37N3O5. The predicted molar refractivity (Wildman–Crippen MR) is 113 cm³/mol. The van der Waals surface area contributed by atoms with Crippen LogP contribution in [0.3, 0.4) is 0 Å². The smallest absolute Gasteiger partial charge is 0.314 e. The molecule has 3 atom stereocenters. The molecule has 0 aliphatic heterocycles. The zero-order valence-corrected chi connectivity index (χ0v) is 18.0. The van der Waals surface area contributed by atoms with Gasteiger partial charge in [0.25, 0.3) is 0 Å². The maximum Gasteiger partial charge on any atom is 0.314 e. The number of urea groups is 1. The van der Waals surface area contributed by atoms with Gasteiger partial charge < -0.3 is 36.1 Å². The van der Waals surface area contributed by atoms with Crippen LogP contribution >= 0.6 is 0 Å². The van der Waals surface area contributed by atoms with Crippen LogP contribution in [-0.4, -0.2) is 50.8 Å². The van der Waals surface area contributed by atoms with E-state index in [9.17, 15) is 9.90 Å². The number of aliphatic hydroxyl groups is 1. The van der Waals surface area contributed by atoms with Gasteiger partial charge in [0, 0.05) is 32.6 Å². The van der Waals surface area contributed by atoms with Crippen LogP contribution in [0.5, 0.6) is 11.5 Å². The Morgan fingerprint density at radius 3 is 2.48 bits per heavy atom. The van der Waals surface area contributed by atoms with Gasteiger partial charge in [-0.15, -0.1) is 0 Å². The van der Waals surface area contributed by atoms with E-state index < -0.39 is 12.3 Å². The van der Waals surface area contributed by atoms with Gasteiger partial charge in [0.05, 0.1) is 13.7 Å². The number of ether oxygens (including phenoxy) is 3. The van der Waals surface area contributed by atoms with Gasteiger partial charge in [-0.25, -0.2) is 4.79 Å². The van der Waals surface area contributed by atoms with E-state index in [4.69, 9.17) is 25.7 Å². The zero-order chi connectivity index (χ0) is 21.8. The standard InChI is InChI=1S/C21H37N3O5/c1-14(2)16(12-17(22)13-20(25)24-21(23)26)10-15-6-7-18(28-4)19(11-15)29-9-5-8-27-3/h6-7,11,14,16-17,20,25H,5,8-10,12-13,22H2,1-4H3,(H3,23,24,26)/t16-,17-,20-/m0/s1. The number of methoxy groups -OCH3 is 2. The molecule has 6 N–H and O–H groups in total. The van der Waals surface area contributed by atoms with Crippen LogP contribution in [0.25, 0.3) is 0 Å². The van der Waals surface area contributed by atoms with Gasteiger partial charge in [-0.2, -0.15) is 0 Å². The number of amides is 2. The van der Waals surface area contributed by atoms with Crippen LogP contribution in [-0.2, 0) is 11.2 Å². The largest absolute Gasteiger partial charge is 0.493 e. The second kappa shape index (κ2) is 13.2. The molecule has 0 heterocycles. The molecule has 29 heavy (non-hydrogen) atoms. The summed E-state index contributed by atoms with van der Waals surface area (Å²) in [7, 11) is 3.29. The molecule has 166 valence electrons. The van der Waals surface area contributed by atoms with Crippen LogP contribution in [0.15, 0.2) is 18.2 Å². The first-order chi connectivity index (χ1) is 13.8. The van der Waals surface area contributed by atoms with Crippen molar-refractivity contribution in [2.24, 2.45) is 23.3 Å². The van der Waals surface area contributed by atoms with Crippen LogP contribution in [0.2, 0.25) is 0 Å². The van der Waals surface area contributed by atoms with Gasteiger partial charge in [0.1, 0.15) is 6.23 Å². The molecule has 1 rings (SSSR count). The lowest BCUT2D eigenvalue weighted by Crippen LogP contribution is -2.42. The van der Waals surface area contributed by atoms with Crippen molar-refractivity contribution in [1.82, 2.24) is 5.32 Å². The molecule has 0 saturated carbocycles. The van der Waals surface area contributed by atoms with E-state index in [1.54, 1.807) is 14.2 Å². The molecule has 8 nitrogen and oxygen atoms in total. The van der Waals surface area contributed by atoms with Crippen LogP contribution in [0.4, 0.5) is 4.79 Å². The Labute approximate surface area is 173 Å². The molecule has 0 aliphatic rings. The summed E-state index contributed by atoms with van der Waals surface area (Å²) in [6.07, 6.45) is 1.55. The van der Waals surface area contributed by atoms with Gasteiger partial charge in [0.15, 0.2) is 11.5 Å². The number of benzene rings is 1. The fourth-order valence-electron chi connectivity index (χ4n) is 3.24. The van der Waals surface area contributed by atoms with Gasteiger partial charge in [-0.3, -0.25) is 0 Å². The number of hydrogen-bond donors (Lipinski definition) is 4. The number of nitrogens with two attached hydrogens (primary N) is 2. The normalized spacial score (nSPS) is 14.3. The van der Waals surface area contributed by atoms with E-state index in [1.807, 2.05) is 18.2 Å². The van der Waals surface area contributed by atoms with Crippen molar-refractivity contribution in [3.8, 4) is 11.5 Å². The lowest BCUT2D eigenvalue weighted by atomic mass is 9.83. The van der Waals surface area contributed by atoms with Crippen molar-refractivity contribution in [3.05, 3.63) is 23.8 Å².